The van der Waals surface area contributed by atoms with Crippen molar-refractivity contribution in [3.63, 3.8) is 0 Å². The summed E-state index contributed by atoms with van der Waals surface area (Å²) in [5, 5.41) is 4.02. The normalized spacial score (nSPS) is 12.8. The maximum atomic E-state index is 12.4. The summed E-state index contributed by atoms with van der Waals surface area (Å²) >= 11 is 1.48. The second kappa shape index (κ2) is 6.45. The van der Waals surface area contributed by atoms with Gasteiger partial charge in [0, 0.05) is 16.1 Å². The van der Waals surface area contributed by atoms with E-state index in [1.165, 1.54) is 11.3 Å². The van der Waals surface area contributed by atoms with Crippen LogP contribution in [0.3, 0.4) is 0 Å². The maximum absolute atomic E-state index is 12.4. The van der Waals surface area contributed by atoms with Crippen LogP contribution in [0.15, 0.2) is 18.2 Å². The van der Waals surface area contributed by atoms with Crippen molar-refractivity contribution in [2.75, 3.05) is 26.4 Å². The molecule has 1 atom stereocenters. The molecule has 2 aromatic rings. The van der Waals surface area contributed by atoms with Crippen molar-refractivity contribution in [3.8, 4) is 0 Å². The molecule has 0 fully saturated rings. The van der Waals surface area contributed by atoms with Crippen LogP contribution < -0.4 is 11.1 Å². The van der Waals surface area contributed by atoms with Gasteiger partial charge < -0.3 is 16.0 Å². The monoisotopic (exact) mass is 305 g/mol. The first kappa shape index (κ1) is 15.8. The lowest BCUT2D eigenvalue weighted by atomic mass is 10.1. The molecule has 5 heteroatoms. The van der Waals surface area contributed by atoms with Gasteiger partial charge in [-0.3, -0.25) is 4.79 Å². The van der Waals surface area contributed by atoms with Crippen molar-refractivity contribution in [3.05, 3.63) is 28.6 Å². The van der Waals surface area contributed by atoms with Gasteiger partial charge in [-0.15, -0.1) is 11.3 Å². The number of carbonyl (C=O) groups is 1. The molecule has 0 bridgehead atoms. The Kier molecular flexibility index (Phi) is 4.85. The van der Waals surface area contributed by atoms with E-state index < -0.39 is 0 Å². The molecule has 21 heavy (non-hydrogen) atoms. The highest BCUT2D eigenvalue weighted by Gasteiger charge is 2.18. The highest BCUT2D eigenvalue weighted by Crippen LogP contribution is 2.35. The van der Waals surface area contributed by atoms with E-state index >= 15 is 0 Å². The molecule has 0 saturated carbocycles. The summed E-state index contributed by atoms with van der Waals surface area (Å²) < 4.78 is 1.10. The van der Waals surface area contributed by atoms with Gasteiger partial charge in [-0.05, 0) is 46.5 Å². The molecule has 1 amide bonds. The van der Waals surface area contributed by atoms with Gasteiger partial charge in [-0.25, -0.2) is 0 Å². The SMILES string of the molecule is Cc1cccc2c(N)c(C(=O)NC(C)CCN(C)C)sc12. The minimum atomic E-state index is -0.0700. The Balaban J connectivity index is 2.16. The van der Waals surface area contributed by atoms with Gasteiger partial charge >= 0.3 is 0 Å². The lowest BCUT2D eigenvalue weighted by Gasteiger charge is -2.16. The Morgan fingerprint density at radius 3 is 2.76 bits per heavy atom. The van der Waals surface area contributed by atoms with Crippen LogP contribution in [0.25, 0.3) is 10.1 Å². The van der Waals surface area contributed by atoms with Gasteiger partial charge in [0.2, 0.25) is 0 Å². The zero-order chi connectivity index (χ0) is 15.6. The van der Waals surface area contributed by atoms with E-state index in [4.69, 9.17) is 5.73 Å². The van der Waals surface area contributed by atoms with Gasteiger partial charge in [0.15, 0.2) is 0 Å². The van der Waals surface area contributed by atoms with E-state index in [0.717, 1.165) is 28.6 Å². The standard InChI is InChI=1S/C16H23N3OS/c1-10-6-5-7-12-13(17)15(21-14(10)12)16(20)18-11(2)8-9-19(3)4/h5-7,11H,8-9,17H2,1-4H3,(H,18,20). The summed E-state index contributed by atoms with van der Waals surface area (Å²) in [6.45, 7) is 5.01. The summed E-state index contributed by atoms with van der Waals surface area (Å²) in [5.74, 6) is -0.0700. The molecule has 0 saturated heterocycles. The number of aryl methyl sites for hydroxylation is 1. The molecule has 0 aliphatic rings. The maximum Gasteiger partial charge on any atom is 0.263 e. The van der Waals surface area contributed by atoms with E-state index in [1.807, 2.05) is 46.1 Å². The highest BCUT2D eigenvalue weighted by atomic mass is 32.1. The van der Waals surface area contributed by atoms with Gasteiger partial charge in [0.05, 0.1) is 5.69 Å². The molecule has 0 aliphatic heterocycles. The molecule has 0 radical (unpaired) electrons. The van der Waals surface area contributed by atoms with E-state index in [2.05, 4.69) is 10.2 Å². The first-order valence-electron chi connectivity index (χ1n) is 7.13. The Morgan fingerprint density at radius 2 is 2.14 bits per heavy atom. The Labute approximate surface area is 129 Å². The number of nitrogens with one attached hydrogen (secondary N) is 1. The Bertz CT molecular complexity index is 648. The number of nitrogens with two attached hydrogens (primary N) is 1. The molecule has 2 rings (SSSR count). The van der Waals surface area contributed by atoms with E-state index in [9.17, 15) is 4.79 Å². The number of benzene rings is 1. The molecule has 1 unspecified atom stereocenters. The fraction of sp³-hybridized carbons (Fsp3) is 0.438. The summed E-state index contributed by atoms with van der Waals surface area (Å²) in [6, 6.07) is 6.12. The average molecular weight is 305 g/mol. The third-order valence-electron chi connectivity index (χ3n) is 3.54. The van der Waals surface area contributed by atoms with Crippen LogP contribution in [0.5, 0.6) is 0 Å². The van der Waals surface area contributed by atoms with Crippen LogP contribution in [0.2, 0.25) is 0 Å². The van der Waals surface area contributed by atoms with Gasteiger partial charge in [0.25, 0.3) is 5.91 Å². The number of thiophene rings is 1. The number of hydrogen-bond donors (Lipinski definition) is 2. The topological polar surface area (TPSA) is 58.4 Å². The molecular formula is C16H23N3OS. The minimum Gasteiger partial charge on any atom is -0.397 e. The first-order chi connectivity index (χ1) is 9.90. The van der Waals surface area contributed by atoms with Gasteiger partial charge in [0.1, 0.15) is 4.88 Å². The molecule has 1 heterocycles. The van der Waals surface area contributed by atoms with E-state index in [1.54, 1.807) is 0 Å². The van der Waals surface area contributed by atoms with Crippen molar-refractivity contribution < 1.29 is 4.79 Å². The predicted molar refractivity (Wildman–Crippen MR) is 91.1 cm³/mol. The van der Waals surface area contributed by atoms with Crippen molar-refractivity contribution in [1.29, 1.82) is 0 Å². The van der Waals surface area contributed by atoms with Crippen molar-refractivity contribution in [2.45, 2.75) is 26.3 Å². The molecule has 1 aromatic carbocycles. The number of rotatable bonds is 5. The fourth-order valence-electron chi connectivity index (χ4n) is 2.26. The molecule has 114 valence electrons. The van der Waals surface area contributed by atoms with E-state index in [-0.39, 0.29) is 11.9 Å². The van der Waals surface area contributed by atoms with E-state index in [0.29, 0.717) is 10.6 Å². The zero-order valence-electron chi connectivity index (χ0n) is 13.1. The number of nitrogen functional groups attached to an aromatic ring is 1. The molecule has 4 nitrogen and oxygen atoms in total. The van der Waals surface area contributed by atoms with Crippen LogP contribution in [0.4, 0.5) is 5.69 Å². The lowest BCUT2D eigenvalue weighted by molar-refractivity contribution is 0.0942. The van der Waals surface area contributed by atoms with Crippen LogP contribution in [0, 0.1) is 6.92 Å². The number of amides is 1. The molecule has 0 spiro atoms. The summed E-state index contributed by atoms with van der Waals surface area (Å²) in [6.07, 6.45) is 0.919. The quantitative estimate of drug-likeness (QED) is 0.893. The number of carbonyl (C=O) groups excluding carboxylic acids is 1. The van der Waals surface area contributed by atoms with Crippen LogP contribution >= 0.6 is 11.3 Å². The first-order valence-corrected chi connectivity index (χ1v) is 7.95. The third kappa shape index (κ3) is 3.54. The van der Waals surface area contributed by atoms with Crippen molar-refractivity contribution in [1.82, 2.24) is 10.2 Å². The predicted octanol–water partition coefficient (Wildman–Crippen LogP) is 2.86. The molecule has 0 aliphatic carbocycles. The van der Waals surface area contributed by atoms with Gasteiger partial charge in [-0.1, -0.05) is 18.2 Å². The van der Waals surface area contributed by atoms with Crippen molar-refractivity contribution >= 4 is 33.0 Å². The van der Waals surface area contributed by atoms with Crippen LogP contribution in [0.1, 0.15) is 28.6 Å². The molecular weight excluding hydrogens is 282 g/mol. The summed E-state index contributed by atoms with van der Waals surface area (Å²) in [7, 11) is 4.06. The number of anilines is 1. The largest absolute Gasteiger partial charge is 0.397 e. The summed E-state index contributed by atoms with van der Waals surface area (Å²) in [4.78, 5) is 15.1. The Hall–Kier alpha value is -1.59. The second-order valence-corrected chi connectivity index (χ2v) is 6.78. The fourth-order valence-corrected chi connectivity index (χ4v) is 3.35. The lowest BCUT2D eigenvalue weighted by Crippen LogP contribution is -2.34. The average Bonchev–Trinajstić information content (AvgIpc) is 2.76. The highest BCUT2D eigenvalue weighted by molar-refractivity contribution is 7.21. The number of nitrogens with zero attached hydrogens (tertiary/aromatic N) is 1. The zero-order valence-corrected chi connectivity index (χ0v) is 13.9. The third-order valence-corrected chi connectivity index (χ3v) is 4.90. The van der Waals surface area contributed by atoms with Gasteiger partial charge in [-0.2, -0.15) is 0 Å². The molecule has 3 N–H and O–H groups in total. The second-order valence-electron chi connectivity index (χ2n) is 5.76. The number of fused-ring (bicyclic) bond motifs is 1. The van der Waals surface area contributed by atoms with Crippen LogP contribution in [-0.4, -0.2) is 37.5 Å². The molecule has 1 aromatic heterocycles. The number of hydrogen-bond acceptors (Lipinski definition) is 4. The van der Waals surface area contributed by atoms with Crippen molar-refractivity contribution in [2.24, 2.45) is 0 Å². The minimum absolute atomic E-state index is 0.0700. The van der Waals surface area contributed by atoms with Crippen LogP contribution in [-0.2, 0) is 0 Å². The smallest absolute Gasteiger partial charge is 0.263 e. The summed E-state index contributed by atoms with van der Waals surface area (Å²) in [5.41, 5.74) is 7.90. The Morgan fingerprint density at radius 1 is 1.43 bits per heavy atom.